The van der Waals surface area contributed by atoms with E-state index < -0.39 is 0 Å². The fraction of sp³-hybridized carbons (Fsp3) is 0.667. The van der Waals surface area contributed by atoms with Crippen molar-refractivity contribution in [3.05, 3.63) is 30.3 Å². The second kappa shape index (κ2) is 7.99. The molecule has 0 unspecified atom stereocenters. The van der Waals surface area contributed by atoms with Gasteiger partial charge in [-0.15, -0.1) is 0 Å². The van der Waals surface area contributed by atoms with Gasteiger partial charge in [0.25, 0.3) is 0 Å². The Kier molecular flexibility index (Phi) is 5.75. The van der Waals surface area contributed by atoms with Gasteiger partial charge in [0.15, 0.2) is 0 Å². The molecule has 1 aromatic carbocycles. The van der Waals surface area contributed by atoms with Crippen LogP contribution < -0.4 is 4.74 Å². The third-order valence-corrected chi connectivity index (χ3v) is 6.20. The maximum atomic E-state index is 12.3. The minimum absolute atomic E-state index is 0.0238. The van der Waals surface area contributed by atoms with E-state index in [1.54, 1.807) is 0 Å². The Morgan fingerprint density at radius 2 is 1.48 bits per heavy atom. The highest BCUT2D eigenvalue weighted by molar-refractivity contribution is 5.75. The van der Waals surface area contributed by atoms with Crippen LogP contribution in [0.15, 0.2) is 30.3 Å². The Labute approximate surface area is 140 Å². The minimum atomic E-state index is -0.0238. The predicted octanol–water partition coefficient (Wildman–Crippen LogP) is 5.61. The molecule has 0 saturated heterocycles. The van der Waals surface area contributed by atoms with Gasteiger partial charge in [-0.25, -0.2) is 0 Å². The summed E-state index contributed by atoms with van der Waals surface area (Å²) in [5, 5.41) is 0. The van der Waals surface area contributed by atoms with Crippen molar-refractivity contribution in [2.24, 2.45) is 23.7 Å². The van der Waals surface area contributed by atoms with Crippen molar-refractivity contribution in [1.29, 1.82) is 0 Å². The molecule has 2 heteroatoms. The van der Waals surface area contributed by atoms with Gasteiger partial charge in [0.05, 0.1) is 5.92 Å². The van der Waals surface area contributed by atoms with Crippen LogP contribution in [0.25, 0.3) is 0 Å². The molecule has 0 bridgehead atoms. The molecule has 2 saturated carbocycles. The van der Waals surface area contributed by atoms with Crippen molar-refractivity contribution in [1.82, 2.24) is 0 Å². The van der Waals surface area contributed by atoms with Crippen LogP contribution in [0.4, 0.5) is 0 Å². The molecule has 126 valence electrons. The molecule has 0 atom stereocenters. The van der Waals surface area contributed by atoms with E-state index in [2.05, 4.69) is 6.92 Å². The standard InChI is InChI=1S/C21H30O2/c1-2-16-8-10-17(11-9-16)18-12-14-19(15-13-18)21(22)23-20-6-4-3-5-7-20/h3-7,16-19H,2,8-15H2,1H3/t16-,17-,18-,19-. The molecule has 0 aliphatic heterocycles. The first-order chi connectivity index (χ1) is 11.3. The summed E-state index contributed by atoms with van der Waals surface area (Å²) in [6.07, 6.45) is 11.5. The first-order valence-electron chi connectivity index (χ1n) is 9.53. The van der Waals surface area contributed by atoms with Crippen molar-refractivity contribution < 1.29 is 9.53 Å². The van der Waals surface area contributed by atoms with Crippen molar-refractivity contribution in [3.63, 3.8) is 0 Å². The van der Waals surface area contributed by atoms with Crippen LogP contribution in [-0.2, 0) is 4.79 Å². The van der Waals surface area contributed by atoms with Gasteiger partial charge in [-0.1, -0.05) is 44.4 Å². The lowest BCUT2D eigenvalue weighted by molar-refractivity contribution is -0.140. The summed E-state index contributed by atoms with van der Waals surface area (Å²) in [6.45, 7) is 2.33. The summed E-state index contributed by atoms with van der Waals surface area (Å²) in [4.78, 5) is 12.3. The Balaban J connectivity index is 1.44. The van der Waals surface area contributed by atoms with E-state index in [0.717, 1.165) is 30.6 Å². The number of rotatable bonds is 4. The van der Waals surface area contributed by atoms with Crippen LogP contribution in [0.5, 0.6) is 5.75 Å². The van der Waals surface area contributed by atoms with Gasteiger partial charge >= 0.3 is 5.97 Å². The molecular weight excluding hydrogens is 284 g/mol. The number of carbonyl (C=O) groups excluding carboxylic acids is 1. The number of esters is 1. The molecule has 2 fully saturated rings. The van der Waals surface area contributed by atoms with Gasteiger partial charge in [-0.05, 0) is 68.4 Å². The number of ether oxygens (including phenoxy) is 1. The minimum Gasteiger partial charge on any atom is -0.426 e. The zero-order valence-electron chi connectivity index (χ0n) is 14.4. The smallest absolute Gasteiger partial charge is 0.314 e. The van der Waals surface area contributed by atoms with E-state index in [1.807, 2.05) is 30.3 Å². The van der Waals surface area contributed by atoms with Crippen LogP contribution >= 0.6 is 0 Å². The van der Waals surface area contributed by atoms with Crippen molar-refractivity contribution >= 4 is 5.97 Å². The zero-order chi connectivity index (χ0) is 16.1. The summed E-state index contributed by atoms with van der Waals surface area (Å²) in [7, 11) is 0. The molecule has 0 heterocycles. The number of carbonyl (C=O) groups is 1. The normalized spacial score (nSPS) is 31.5. The molecule has 2 nitrogen and oxygen atoms in total. The molecule has 0 amide bonds. The lowest BCUT2D eigenvalue weighted by atomic mass is 9.69. The summed E-state index contributed by atoms with van der Waals surface area (Å²) in [5.74, 6) is 3.52. The van der Waals surface area contributed by atoms with Gasteiger partial charge < -0.3 is 4.74 Å². The maximum absolute atomic E-state index is 12.3. The molecule has 23 heavy (non-hydrogen) atoms. The number of hydrogen-bond donors (Lipinski definition) is 0. The Bertz CT molecular complexity index is 480. The molecule has 0 N–H and O–H groups in total. The highest BCUT2D eigenvalue weighted by Crippen LogP contribution is 2.42. The van der Waals surface area contributed by atoms with Gasteiger partial charge in [0.1, 0.15) is 5.75 Å². The van der Waals surface area contributed by atoms with Crippen molar-refractivity contribution in [2.75, 3.05) is 0 Å². The van der Waals surface area contributed by atoms with Crippen LogP contribution in [-0.4, -0.2) is 5.97 Å². The molecule has 0 radical (unpaired) electrons. The van der Waals surface area contributed by atoms with E-state index in [0.29, 0.717) is 5.75 Å². The van der Waals surface area contributed by atoms with Gasteiger partial charge in [0.2, 0.25) is 0 Å². The Morgan fingerprint density at radius 1 is 0.913 bits per heavy atom. The van der Waals surface area contributed by atoms with Crippen LogP contribution in [0.3, 0.4) is 0 Å². The topological polar surface area (TPSA) is 26.3 Å². The summed E-state index contributed by atoms with van der Waals surface area (Å²) < 4.78 is 5.52. The summed E-state index contributed by atoms with van der Waals surface area (Å²) >= 11 is 0. The molecule has 0 aromatic heterocycles. The highest BCUT2D eigenvalue weighted by atomic mass is 16.5. The predicted molar refractivity (Wildman–Crippen MR) is 93.3 cm³/mol. The first kappa shape index (κ1) is 16.5. The van der Waals surface area contributed by atoms with Crippen LogP contribution in [0.2, 0.25) is 0 Å². The molecule has 0 spiro atoms. The highest BCUT2D eigenvalue weighted by Gasteiger charge is 2.33. The molecule has 2 aliphatic carbocycles. The fourth-order valence-electron chi connectivity index (χ4n) is 4.58. The van der Waals surface area contributed by atoms with E-state index in [9.17, 15) is 4.79 Å². The van der Waals surface area contributed by atoms with Gasteiger partial charge in [-0.3, -0.25) is 4.79 Å². The lowest BCUT2D eigenvalue weighted by Gasteiger charge is -2.37. The number of benzene rings is 1. The fourth-order valence-corrected chi connectivity index (χ4v) is 4.58. The third kappa shape index (κ3) is 4.37. The molecular formula is C21H30O2. The molecule has 2 aliphatic rings. The van der Waals surface area contributed by atoms with Gasteiger partial charge in [0, 0.05) is 0 Å². The monoisotopic (exact) mass is 314 g/mol. The Hall–Kier alpha value is -1.31. The quantitative estimate of drug-likeness (QED) is 0.533. The van der Waals surface area contributed by atoms with E-state index in [1.165, 1.54) is 44.9 Å². The van der Waals surface area contributed by atoms with E-state index in [-0.39, 0.29) is 11.9 Å². The zero-order valence-corrected chi connectivity index (χ0v) is 14.4. The first-order valence-corrected chi connectivity index (χ1v) is 9.53. The third-order valence-electron chi connectivity index (χ3n) is 6.20. The number of hydrogen-bond acceptors (Lipinski definition) is 2. The average Bonchev–Trinajstić information content (AvgIpc) is 2.63. The van der Waals surface area contributed by atoms with E-state index in [4.69, 9.17) is 4.74 Å². The van der Waals surface area contributed by atoms with Crippen molar-refractivity contribution in [3.8, 4) is 5.75 Å². The SMILES string of the molecule is CC[C@H]1CC[C@H]([C@H]2CC[C@H](C(=O)Oc3ccccc3)CC2)CC1. The largest absolute Gasteiger partial charge is 0.426 e. The summed E-state index contributed by atoms with van der Waals surface area (Å²) in [6, 6.07) is 9.47. The second-order valence-electron chi connectivity index (χ2n) is 7.53. The second-order valence-corrected chi connectivity index (χ2v) is 7.53. The number of para-hydroxylation sites is 1. The van der Waals surface area contributed by atoms with Crippen LogP contribution in [0, 0.1) is 23.7 Å². The molecule has 1 aromatic rings. The van der Waals surface area contributed by atoms with Crippen molar-refractivity contribution in [2.45, 2.75) is 64.7 Å². The lowest BCUT2D eigenvalue weighted by Crippen LogP contribution is -2.30. The van der Waals surface area contributed by atoms with Gasteiger partial charge in [-0.2, -0.15) is 0 Å². The molecule has 3 rings (SSSR count). The van der Waals surface area contributed by atoms with Crippen LogP contribution in [0.1, 0.15) is 64.7 Å². The summed E-state index contributed by atoms with van der Waals surface area (Å²) in [5.41, 5.74) is 0. The maximum Gasteiger partial charge on any atom is 0.314 e. The van der Waals surface area contributed by atoms with E-state index >= 15 is 0 Å². The Morgan fingerprint density at radius 3 is 2.04 bits per heavy atom. The average molecular weight is 314 g/mol.